The van der Waals surface area contributed by atoms with E-state index in [2.05, 4.69) is 0 Å². The van der Waals surface area contributed by atoms with Crippen LogP contribution in [0, 0.1) is 5.82 Å². The first-order chi connectivity index (χ1) is 8.99. The zero-order valence-corrected chi connectivity index (χ0v) is 10.0. The van der Waals surface area contributed by atoms with Crippen LogP contribution in [0.5, 0.6) is 0 Å². The van der Waals surface area contributed by atoms with Crippen LogP contribution in [0.4, 0.5) is 30.7 Å². The Hall–Kier alpha value is -1.31. The Morgan fingerprint density at radius 2 is 1.60 bits per heavy atom. The minimum Gasteiger partial charge on any atom is -0.388 e. The van der Waals surface area contributed by atoms with Gasteiger partial charge in [-0.25, -0.2) is 4.39 Å². The van der Waals surface area contributed by atoms with Crippen molar-refractivity contribution in [2.24, 2.45) is 0 Å². The zero-order chi connectivity index (χ0) is 15.6. The van der Waals surface area contributed by atoms with Crippen molar-refractivity contribution in [2.45, 2.75) is 37.7 Å². The highest BCUT2D eigenvalue weighted by Gasteiger charge is 2.32. The van der Waals surface area contributed by atoms with E-state index in [1.165, 1.54) is 0 Å². The molecule has 0 amide bonds. The third-order valence-electron chi connectivity index (χ3n) is 2.57. The molecule has 1 atom stereocenters. The van der Waals surface area contributed by atoms with Crippen molar-refractivity contribution >= 4 is 0 Å². The van der Waals surface area contributed by atoms with Crippen LogP contribution in [0.25, 0.3) is 0 Å². The summed E-state index contributed by atoms with van der Waals surface area (Å²) in [5.41, 5.74) is -1.68. The van der Waals surface area contributed by atoms with Crippen LogP contribution in [-0.2, 0) is 6.18 Å². The molecule has 0 saturated heterocycles. The molecule has 1 nitrogen and oxygen atoms in total. The van der Waals surface area contributed by atoms with Gasteiger partial charge in [-0.15, -0.1) is 0 Å². The monoisotopic (exact) mass is 304 g/mol. The maximum absolute atomic E-state index is 13.0. The Bertz CT molecular complexity index is 450. The second-order valence-electron chi connectivity index (χ2n) is 4.29. The average molecular weight is 304 g/mol. The molecule has 0 aliphatic carbocycles. The van der Waals surface area contributed by atoms with E-state index in [9.17, 15) is 35.8 Å². The Balaban J connectivity index is 2.78. The van der Waals surface area contributed by atoms with Gasteiger partial charge in [-0.1, -0.05) is 0 Å². The van der Waals surface area contributed by atoms with Crippen molar-refractivity contribution in [3.05, 3.63) is 35.1 Å². The van der Waals surface area contributed by atoms with E-state index in [1.807, 2.05) is 0 Å². The van der Waals surface area contributed by atoms with E-state index >= 15 is 0 Å². The average Bonchev–Trinajstić information content (AvgIpc) is 2.25. The molecule has 114 valence electrons. The van der Waals surface area contributed by atoms with E-state index in [-0.39, 0.29) is 11.6 Å². The topological polar surface area (TPSA) is 20.2 Å². The molecular formula is C12H11F7O. The van der Waals surface area contributed by atoms with Gasteiger partial charge in [0, 0.05) is 6.42 Å². The molecule has 0 spiro atoms. The normalized spacial score (nSPS) is 14.4. The van der Waals surface area contributed by atoms with Crippen LogP contribution in [0.2, 0.25) is 0 Å². The second-order valence-corrected chi connectivity index (χ2v) is 4.29. The smallest absolute Gasteiger partial charge is 0.388 e. The van der Waals surface area contributed by atoms with Crippen molar-refractivity contribution in [2.75, 3.05) is 0 Å². The quantitative estimate of drug-likeness (QED) is 0.805. The molecule has 1 rings (SSSR count). The predicted molar refractivity (Wildman–Crippen MR) is 56.3 cm³/mol. The van der Waals surface area contributed by atoms with Crippen LogP contribution in [0.1, 0.15) is 36.5 Å². The van der Waals surface area contributed by atoms with E-state index < -0.39 is 49.1 Å². The fourth-order valence-electron chi connectivity index (χ4n) is 1.63. The fraction of sp³-hybridized carbons (Fsp3) is 0.500. The van der Waals surface area contributed by atoms with Crippen LogP contribution in [0.15, 0.2) is 18.2 Å². The Morgan fingerprint density at radius 3 is 2.10 bits per heavy atom. The SMILES string of the molecule is OC(CCCC(F)(F)F)c1cc(F)cc(C(F)(F)F)c1. The molecule has 0 fully saturated rings. The van der Waals surface area contributed by atoms with Gasteiger partial charge in [0.25, 0.3) is 0 Å². The second kappa shape index (κ2) is 5.99. The zero-order valence-electron chi connectivity index (χ0n) is 10.0. The summed E-state index contributed by atoms with van der Waals surface area (Å²) in [5.74, 6) is -1.20. The molecule has 1 aromatic carbocycles. The molecule has 0 saturated carbocycles. The highest BCUT2D eigenvalue weighted by Crippen LogP contribution is 2.33. The Labute approximate surface area is 110 Å². The summed E-state index contributed by atoms with van der Waals surface area (Å²) in [7, 11) is 0. The standard InChI is InChI=1S/C12H11F7O/c13-9-5-7(4-8(6-9)12(17,18)19)10(20)2-1-3-11(14,15)16/h4-6,10,20H,1-3H2. The molecule has 0 bridgehead atoms. The molecule has 0 aliphatic rings. The molecule has 0 radical (unpaired) electrons. The van der Waals surface area contributed by atoms with Crippen molar-refractivity contribution in [1.82, 2.24) is 0 Å². The lowest BCUT2D eigenvalue weighted by Crippen LogP contribution is -2.10. The summed E-state index contributed by atoms with van der Waals surface area (Å²) >= 11 is 0. The first-order valence-corrected chi connectivity index (χ1v) is 5.61. The van der Waals surface area contributed by atoms with Gasteiger partial charge in [0.2, 0.25) is 0 Å². The Morgan fingerprint density at radius 1 is 1.00 bits per heavy atom. The van der Waals surface area contributed by atoms with Gasteiger partial charge < -0.3 is 5.11 Å². The van der Waals surface area contributed by atoms with Gasteiger partial charge >= 0.3 is 12.4 Å². The molecule has 20 heavy (non-hydrogen) atoms. The Kier molecular flexibility index (Phi) is 5.01. The largest absolute Gasteiger partial charge is 0.416 e. The lowest BCUT2D eigenvalue weighted by atomic mass is 10.0. The summed E-state index contributed by atoms with van der Waals surface area (Å²) in [6.45, 7) is 0. The summed E-state index contributed by atoms with van der Waals surface area (Å²) < 4.78 is 86.0. The molecule has 1 unspecified atom stereocenters. The van der Waals surface area contributed by atoms with Gasteiger partial charge in [-0.2, -0.15) is 26.3 Å². The highest BCUT2D eigenvalue weighted by molar-refractivity contribution is 5.28. The van der Waals surface area contributed by atoms with Crippen molar-refractivity contribution < 1.29 is 35.8 Å². The maximum Gasteiger partial charge on any atom is 0.416 e. The molecule has 8 heteroatoms. The van der Waals surface area contributed by atoms with E-state index in [0.29, 0.717) is 12.1 Å². The first-order valence-electron chi connectivity index (χ1n) is 5.61. The van der Waals surface area contributed by atoms with Crippen LogP contribution in [-0.4, -0.2) is 11.3 Å². The summed E-state index contributed by atoms with van der Waals surface area (Å²) in [5, 5.41) is 9.53. The third-order valence-corrected chi connectivity index (χ3v) is 2.57. The van der Waals surface area contributed by atoms with Gasteiger partial charge in [0.1, 0.15) is 5.82 Å². The van der Waals surface area contributed by atoms with E-state index in [1.54, 1.807) is 0 Å². The van der Waals surface area contributed by atoms with Gasteiger partial charge in [-0.3, -0.25) is 0 Å². The lowest BCUT2D eigenvalue weighted by Gasteiger charge is -2.14. The number of benzene rings is 1. The molecule has 0 heterocycles. The molecular weight excluding hydrogens is 293 g/mol. The molecule has 1 aromatic rings. The van der Waals surface area contributed by atoms with Crippen molar-refractivity contribution in [3.8, 4) is 0 Å². The van der Waals surface area contributed by atoms with Gasteiger partial charge in [-0.05, 0) is 36.6 Å². The van der Waals surface area contributed by atoms with Gasteiger partial charge in [0.05, 0.1) is 11.7 Å². The van der Waals surface area contributed by atoms with Crippen molar-refractivity contribution in [3.63, 3.8) is 0 Å². The van der Waals surface area contributed by atoms with E-state index in [4.69, 9.17) is 0 Å². The number of rotatable bonds is 4. The van der Waals surface area contributed by atoms with Crippen LogP contribution in [0.3, 0.4) is 0 Å². The highest BCUT2D eigenvalue weighted by atomic mass is 19.4. The minimum absolute atomic E-state index is 0.256. The van der Waals surface area contributed by atoms with Crippen LogP contribution < -0.4 is 0 Å². The number of aliphatic hydroxyl groups excluding tert-OH is 1. The van der Waals surface area contributed by atoms with Crippen LogP contribution >= 0.6 is 0 Å². The van der Waals surface area contributed by atoms with E-state index in [0.717, 1.165) is 0 Å². The summed E-state index contributed by atoms with van der Waals surface area (Å²) in [6, 6.07) is 1.46. The maximum atomic E-state index is 13.0. The number of hydrogen-bond donors (Lipinski definition) is 1. The minimum atomic E-state index is -4.79. The molecule has 1 N–H and O–H groups in total. The first kappa shape index (κ1) is 16.7. The molecule has 0 aliphatic heterocycles. The third kappa shape index (κ3) is 5.36. The number of hydrogen-bond acceptors (Lipinski definition) is 1. The number of halogens is 7. The number of alkyl halides is 6. The van der Waals surface area contributed by atoms with Gasteiger partial charge in [0.15, 0.2) is 0 Å². The molecule has 0 aromatic heterocycles. The number of aliphatic hydroxyl groups is 1. The summed E-state index contributed by atoms with van der Waals surface area (Å²) in [4.78, 5) is 0. The fourth-order valence-corrected chi connectivity index (χ4v) is 1.63. The predicted octanol–water partition coefficient (Wildman–Crippen LogP) is 4.61. The lowest BCUT2D eigenvalue weighted by molar-refractivity contribution is -0.138. The summed E-state index contributed by atoms with van der Waals surface area (Å²) in [6.07, 6.45) is -12.8. The van der Waals surface area contributed by atoms with Crippen molar-refractivity contribution in [1.29, 1.82) is 0 Å².